The Morgan fingerprint density at radius 1 is 0.787 bits per heavy atom. The van der Waals surface area contributed by atoms with Gasteiger partial charge in [0.2, 0.25) is 11.8 Å². The average Bonchev–Trinajstić information content (AvgIpc) is 3.46. The van der Waals surface area contributed by atoms with Crippen molar-refractivity contribution in [3.05, 3.63) is 70.8 Å². The summed E-state index contributed by atoms with van der Waals surface area (Å²) in [6, 6.07) is 12.8. The predicted octanol–water partition coefficient (Wildman–Crippen LogP) is 8.59. The summed E-state index contributed by atoms with van der Waals surface area (Å²) in [6.45, 7) is 25.1. The van der Waals surface area contributed by atoms with Crippen molar-refractivity contribution in [1.82, 2.24) is 10.8 Å². The zero-order valence-electron chi connectivity index (χ0n) is 30.4. The van der Waals surface area contributed by atoms with Gasteiger partial charge < -0.3 is 11.1 Å². The molecule has 47 heavy (non-hydrogen) atoms. The van der Waals surface area contributed by atoms with Crippen LogP contribution in [0.5, 0.6) is 0 Å². The number of halogens is 2. The average molecular weight is 656 g/mol. The Morgan fingerprint density at radius 2 is 1.23 bits per heavy atom. The molecule has 0 aromatic heterocycles. The molecule has 0 atom stereocenters. The summed E-state index contributed by atoms with van der Waals surface area (Å²) in [7, 11) is 0. The van der Waals surface area contributed by atoms with Gasteiger partial charge in [-0.3, -0.25) is 14.8 Å². The Balaban J connectivity index is 0.000000332. The summed E-state index contributed by atoms with van der Waals surface area (Å²) in [6.07, 6.45) is 0.864. The lowest BCUT2D eigenvalue weighted by Gasteiger charge is -2.19. The number of benzene rings is 2. The van der Waals surface area contributed by atoms with E-state index in [1.807, 2.05) is 6.07 Å². The van der Waals surface area contributed by atoms with Crippen molar-refractivity contribution < 1.29 is 23.6 Å². The largest absolute Gasteiger partial charge is 0.387 e. The summed E-state index contributed by atoms with van der Waals surface area (Å²) >= 11 is 0. The Kier molecular flexibility index (Phi) is 14.2. The van der Waals surface area contributed by atoms with E-state index in [1.54, 1.807) is 47.0 Å². The highest BCUT2D eigenvalue weighted by atomic mass is 19.3. The van der Waals surface area contributed by atoms with Crippen LogP contribution in [0.2, 0.25) is 0 Å². The van der Waals surface area contributed by atoms with Gasteiger partial charge in [0.15, 0.2) is 0 Å². The summed E-state index contributed by atoms with van der Waals surface area (Å²) in [5.41, 5.74) is 13.8. The van der Waals surface area contributed by atoms with Gasteiger partial charge in [0, 0.05) is 25.2 Å². The van der Waals surface area contributed by atoms with Gasteiger partial charge in [-0.05, 0) is 56.7 Å². The molecule has 2 amide bonds. The third-order valence-corrected chi connectivity index (χ3v) is 6.79. The number of nitrogens with two attached hydrogens (primary N) is 1. The van der Waals surface area contributed by atoms with Gasteiger partial charge in [-0.2, -0.15) is 8.78 Å². The van der Waals surface area contributed by atoms with Gasteiger partial charge in [0.25, 0.3) is 6.08 Å². The number of hydrogen-bond acceptors (Lipinski definition) is 6. The highest BCUT2D eigenvalue weighted by Gasteiger charge is 2.21. The first kappa shape index (κ1) is 41.1. The van der Waals surface area contributed by atoms with Crippen LogP contribution < -0.4 is 16.5 Å². The number of aliphatic imine (C=N–C) groups is 2. The van der Waals surface area contributed by atoms with Gasteiger partial charge >= 0.3 is 0 Å². The number of allylic oxidation sites excluding steroid dienone is 1. The van der Waals surface area contributed by atoms with Crippen LogP contribution in [0.15, 0.2) is 58.5 Å². The molecule has 0 bridgehead atoms. The molecule has 2 aromatic carbocycles. The van der Waals surface area contributed by atoms with E-state index in [1.165, 1.54) is 29.2 Å². The number of nitrogens with one attached hydrogen (secondary N) is 2. The second-order valence-electron chi connectivity index (χ2n) is 15.9. The van der Waals surface area contributed by atoms with Crippen molar-refractivity contribution in [2.24, 2.45) is 26.5 Å². The van der Waals surface area contributed by atoms with E-state index in [2.05, 4.69) is 87.2 Å². The quantitative estimate of drug-likeness (QED) is 0.167. The van der Waals surface area contributed by atoms with E-state index < -0.39 is 16.9 Å². The first-order valence-corrected chi connectivity index (χ1v) is 15.7. The number of hydroxylamine groups is 1. The monoisotopic (exact) mass is 655 g/mol. The van der Waals surface area contributed by atoms with Gasteiger partial charge in [0.05, 0.1) is 11.4 Å². The van der Waals surface area contributed by atoms with Crippen molar-refractivity contribution in [2.45, 2.75) is 114 Å². The Hall–Kier alpha value is -3.92. The van der Waals surface area contributed by atoms with Gasteiger partial charge in [0.1, 0.15) is 11.7 Å². The molecule has 4 rings (SSSR count). The number of hydrogen-bond donors (Lipinski definition) is 4. The molecule has 2 heterocycles. The lowest BCUT2D eigenvalue weighted by atomic mass is 9.86. The molecule has 0 aliphatic carbocycles. The number of fused-ring (bicyclic) bond motifs is 2. The SMILES string of the molecule is CC(=O)NC1=Nc2ccc(C(C)(C)C)cc2C1.CC(C)(C)C(=O)NO.CC(C)(C)C=C(F)F.CC(C)(C)c1ccc2c(c1)CC(N)=N2. The van der Waals surface area contributed by atoms with Crippen molar-refractivity contribution in [3.8, 4) is 0 Å². The molecule has 0 spiro atoms. The lowest BCUT2D eigenvalue weighted by molar-refractivity contribution is -0.137. The minimum absolute atomic E-state index is 0.0624. The number of amidine groups is 2. The normalized spacial score (nSPS) is 13.4. The van der Waals surface area contributed by atoms with Crippen LogP contribution in [0, 0.1) is 10.8 Å². The molecular weight excluding hydrogens is 600 g/mol. The second-order valence-corrected chi connectivity index (χ2v) is 15.9. The smallest absolute Gasteiger partial charge is 0.266 e. The first-order chi connectivity index (χ1) is 21.2. The molecule has 0 unspecified atom stereocenters. The van der Waals surface area contributed by atoms with Crippen LogP contribution >= 0.6 is 0 Å². The van der Waals surface area contributed by atoms with E-state index in [0.717, 1.165) is 42.0 Å². The fourth-order valence-electron chi connectivity index (χ4n) is 4.13. The third-order valence-electron chi connectivity index (χ3n) is 6.79. The molecule has 10 heteroatoms. The summed E-state index contributed by atoms with van der Waals surface area (Å²) in [5.74, 6) is 1.05. The van der Waals surface area contributed by atoms with E-state index in [0.29, 0.717) is 0 Å². The van der Waals surface area contributed by atoms with Crippen molar-refractivity contribution >= 4 is 34.9 Å². The van der Waals surface area contributed by atoms with E-state index in [9.17, 15) is 18.4 Å². The van der Waals surface area contributed by atoms with Crippen molar-refractivity contribution in [1.29, 1.82) is 0 Å². The molecule has 2 aliphatic rings. The van der Waals surface area contributed by atoms with E-state index >= 15 is 0 Å². The Labute approximate surface area is 280 Å². The molecule has 0 radical (unpaired) electrons. The molecular formula is C37H55F2N5O3. The fraction of sp³-hybridized carbons (Fsp3) is 0.514. The van der Waals surface area contributed by atoms with Crippen molar-refractivity contribution in [3.63, 3.8) is 0 Å². The molecule has 5 N–H and O–H groups in total. The van der Waals surface area contributed by atoms with Gasteiger partial charge in [-0.25, -0.2) is 15.5 Å². The zero-order chi connectivity index (χ0) is 36.5. The fourth-order valence-corrected chi connectivity index (χ4v) is 4.13. The standard InChI is InChI=1S/C14H18N2O.C12H16N2.C6H10F2.C5H11NO2/c1-9(17)15-13-8-10-7-11(14(2,3)4)5-6-12(10)16-13;1-12(2,3)9-4-5-10-8(6-9)7-11(13)14-10;1-6(2,3)4-5(7)8;1-5(2,3)4(7)6-8/h5-7H,8H2,1-4H3,(H,15,16,17);4-6H,7H2,1-3H3,(H2,13,14);4H,1-3H3;8H,1-3H3,(H,6,7). The molecule has 260 valence electrons. The predicted molar refractivity (Wildman–Crippen MR) is 189 cm³/mol. The van der Waals surface area contributed by atoms with Crippen LogP contribution in [-0.2, 0) is 33.3 Å². The molecule has 0 saturated heterocycles. The number of carbonyl (C=O) groups is 2. The number of rotatable bonds is 0. The van der Waals surface area contributed by atoms with Gasteiger partial charge in [-0.15, -0.1) is 0 Å². The highest BCUT2D eigenvalue weighted by molar-refractivity contribution is 6.02. The lowest BCUT2D eigenvalue weighted by Crippen LogP contribution is -2.32. The Morgan fingerprint density at radius 3 is 1.55 bits per heavy atom. The molecule has 0 fully saturated rings. The number of nitrogens with zero attached hydrogens (tertiary/aromatic N) is 2. The van der Waals surface area contributed by atoms with E-state index in [-0.39, 0.29) is 22.6 Å². The van der Waals surface area contributed by atoms with E-state index in [4.69, 9.17) is 10.9 Å². The minimum atomic E-state index is -1.60. The van der Waals surface area contributed by atoms with Crippen LogP contribution in [0.3, 0.4) is 0 Å². The Bertz CT molecular complexity index is 1500. The highest BCUT2D eigenvalue weighted by Crippen LogP contribution is 2.32. The molecule has 8 nitrogen and oxygen atoms in total. The van der Waals surface area contributed by atoms with Crippen LogP contribution in [0.4, 0.5) is 20.2 Å². The minimum Gasteiger partial charge on any atom is -0.387 e. The third kappa shape index (κ3) is 15.0. The van der Waals surface area contributed by atoms with Crippen LogP contribution in [0.1, 0.15) is 112 Å². The molecule has 2 aliphatic heterocycles. The van der Waals surface area contributed by atoms with Crippen LogP contribution in [-0.4, -0.2) is 28.7 Å². The van der Waals surface area contributed by atoms with Crippen LogP contribution in [0.25, 0.3) is 0 Å². The first-order valence-electron chi connectivity index (χ1n) is 15.7. The zero-order valence-corrected chi connectivity index (χ0v) is 30.4. The summed E-state index contributed by atoms with van der Waals surface area (Å²) in [4.78, 5) is 30.1. The second kappa shape index (κ2) is 16.3. The number of carbonyl (C=O) groups excluding carboxylic acids is 2. The van der Waals surface area contributed by atoms with Gasteiger partial charge in [-0.1, -0.05) is 107 Å². The molecule has 0 saturated carbocycles. The maximum absolute atomic E-state index is 11.4. The molecule has 2 aromatic rings. The van der Waals surface area contributed by atoms with Crippen molar-refractivity contribution in [2.75, 3.05) is 0 Å². The maximum Gasteiger partial charge on any atom is 0.266 e. The maximum atomic E-state index is 11.4. The summed E-state index contributed by atoms with van der Waals surface area (Å²) in [5, 5.41) is 10.8. The summed E-state index contributed by atoms with van der Waals surface area (Å²) < 4.78 is 22.8. The topological polar surface area (TPSA) is 129 Å². The number of amides is 2.